The maximum Gasteiger partial charge on any atom is 0.106 e. The quantitative estimate of drug-likeness (QED) is 0.218. The summed E-state index contributed by atoms with van der Waals surface area (Å²) in [6, 6.07) is 25.8. The van der Waals surface area contributed by atoms with Gasteiger partial charge in [-0.1, -0.05) is 95.1 Å². The Hall–Kier alpha value is -2.41. The molecule has 0 amide bonds. The number of nitrogens with zero attached hydrogens (tertiary/aromatic N) is 2. The Morgan fingerprint density at radius 3 is 2.30 bits per heavy atom. The number of ether oxygens (including phenoxy) is 1. The number of hydrogen-bond donors (Lipinski definition) is 1. The molecule has 0 spiro atoms. The number of halogens is 2. The average molecular weight is 542 g/mol. The van der Waals surface area contributed by atoms with E-state index in [9.17, 15) is 5.11 Å². The van der Waals surface area contributed by atoms with Crippen molar-refractivity contribution in [3.8, 4) is 0 Å². The van der Waals surface area contributed by atoms with E-state index in [1.54, 1.807) is 7.11 Å². The Labute approximate surface area is 229 Å². The van der Waals surface area contributed by atoms with Crippen molar-refractivity contribution in [3.05, 3.63) is 106 Å². The molecule has 196 valence electrons. The first-order chi connectivity index (χ1) is 18.0. The van der Waals surface area contributed by atoms with Gasteiger partial charge in [0.15, 0.2) is 0 Å². The smallest absolute Gasteiger partial charge is 0.106 e. The molecule has 0 aromatic heterocycles. The van der Waals surface area contributed by atoms with Crippen LogP contribution in [0.2, 0.25) is 10.0 Å². The zero-order valence-corrected chi connectivity index (χ0v) is 22.7. The number of piperidine rings is 1. The highest BCUT2D eigenvalue weighted by Gasteiger charge is 2.34. The minimum absolute atomic E-state index is 0.0552. The van der Waals surface area contributed by atoms with E-state index in [1.807, 2.05) is 78.9 Å². The second kappa shape index (κ2) is 13.4. The van der Waals surface area contributed by atoms with E-state index in [-0.39, 0.29) is 5.92 Å². The van der Waals surface area contributed by atoms with Crippen molar-refractivity contribution in [1.82, 2.24) is 4.90 Å². The number of rotatable bonds is 11. The Morgan fingerprint density at radius 2 is 1.65 bits per heavy atom. The van der Waals surface area contributed by atoms with Crippen molar-refractivity contribution in [2.24, 2.45) is 5.16 Å². The highest BCUT2D eigenvalue weighted by Crippen LogP contribution is 2.34. The fraction of sp³-hybridized carbons (Fsp3) is 0.367. The standard InChI is InChI=1S/C30H34Cl2N2O3/c1-36-33-29(22-37-21-23-8-4-2-5-9-23)26(24-12-13-27(31)28(32)20-24)14-17-34-18-15-30(35,16-19-34)25-10-6-3-7-11-25/h2-13,20,26,35H,14-19,21-22H2,1H3/b33-29+. The molecule has 7 heteroatoms. The molecule has 1 atom stereocenters. The van der Waals surface area contributed by atoms with Gasteiger partial charge in [0.1, 0.15) is 7.11 Å². The molecule has 0 bridgehead atoms. The SMILES string of the molecule is CO/N=C(\COCc1ccccc1)C(CCN1CCC(O)(c2ccccc2)CC1)c1ccc(Cl)c(Cl)c1. The van der Waals surface area contributed by atoms with Gasteiger partial charge in [-0.2, -0.15) is 0 Å². The fourth-order valence-corrected chi connectivity index (χ4v) is 5.21. The van der Waals surface area contributed by atoms with Gasteiger partial charge in [0.05, 0.1) is 34.6 Å². The molecule has 3 aromatic carbocycles. The first-order valence-corrected chi connectivity index (χ1v) is 13.4. The van der Waals surface area contributed by atoms with Crippen molar-refractivity contribution in [2.75, 3.05) is 33.4 Å². The molecule has 1 saturated heterocycles. The summed E-state index contributed by atoms with van der Waals surface area (Å²) in [5.74, 6) is -0.0552. The molecule has 1 aliphatic heterocycles. The molecule has 37 heavy (non-hydrogen) atoms. The summed E-state index contributed by atoms with van der Waals surface area (Å²) in [4.78, 5) is 7.63. The molecule has 1 aliphatic rings. The van der Waals surface area contributed by atoms with E-state index in [0.717, 1.165) is 48.5 Å². The van der Waals surface area contributed by atoms with Crippen molar-refractivity contribution in [2.45, 2.75) is 37.4 Å². The van der Waals surface area contributed by atoms with E-state index in [1.165, 1.54) is 0 Å². The maximum atomic E-state index is 11.2. The summed E-state index contributed by atoms with van der Waals surface area (Å²) in [6.45, 7) is 3.31. The van der Waals surface area contributed by atoms with Crippen LogP contribution < -0.4 is 0 Å². The molecule has 1 fully saturated rings. The van der Waals surface area contributed by atoms with Crippen LogP contribution in [0.5, 0.6) is 0 Å². The normalized spacial score (nSPS) is 16.9. The van der Waals surface area contributed by atoms with Gasteiger partial charge in [0.2, 0.25) is 0 Å². The van der Waals surface area contributed by atoms with E-state index in [2.05, 4.69) is 10.1 Å². The lowest BCUT2D eigenvalue weighted by Crippen LogP contribution is -2.43. The number of likely N-dealkylation sites (tertiary alicyclic amines) is 1. The molecule has 1 N–H and O–H groups in total. The zero-order valence-electron chi connectivity index (χ0n) is 21.2. The van der Waals surface area contributed by atoms with E-state index in [0.29, 0.717) is 36.1 Å². The van der Waals surface area contributed by atoms with E-state index in [4.69, 9.17) is 32.8 Å². The molecule has 0 radical (unpaired) electrons. The van der Waals surface area contributed by atoms with Crippen LogP contribution in [0.4, 0.5) is 0 Å². The summed E-state index contributed by atoms with van der Waals surface area (Å²) in [5, 5.41) is 16.6. The van der Waals surface area contributed by atoms with Gasteiger partial charge in [-0.15, -0.1) is 0 Å². The van der Waals surface area contributed by atoms with Crippen LogP contribution in [0.25, 0.3) is 0 Å². The molecular weight excluding hydrogens is 507 g/mol. The van der Waals surface area contributed by atoms with Crippen molar-refractivity contribution in [3.63, 3.8) is 0 Å². The van der Waals surface area contributed by atoms with Gasteiger partial charge in [-0.25, -0.2) is 0 Å². The Morgan fingerprint density at radius 1 is 0.973 bits per heavy atom. The second-order valence-electron chi connectivity index (χ2n) is 9.50. The van der Waals surface area contributed by atoms with E-state index < -0.39 is 5.60 Å². The van der Waals surface area contributed by atoms with Gasteiger partial charge in [0.25, 0.3) is 0 Å². The monoisotopic (exact) mass is 540 g/mol. The first kappa shape index (κ1) is 27.6. The van der Waals surface area contributed by atoms with Crippen molar-refractivity contribution < 1.29 is 14.7 Å². The molecule has 4 rings (SSSR count). The minimum Gasteiger partial charge on any atom is -0.399 e. The summed E-state index contributed by atoms with van der Waals surface area (Å²) >= 11 is 12.6. The highest BCUT2D eigenvalue weighted by molar-refractivity contribution is 6.42. The van der Waals surface area contributed by atoms with Gasteiger partial charge in [-0.05, 0) is 54.6 Å². The average Bonchev–Trinajstić information content (AvgIpc) is 2.93. The van der Waals surface area contributed by atoms with Crippen LogP contribution in [0.15, 0.2) is 84.0 Å². The number of benzene rings is 3. The van der Waals surface area contributed by atoms with Crippen LogP contribution in [-0.2, 0) is 21.8 Å². The largest absolute Gasteiger partial charge is 0.399 e. The fourth-order valence-electron chi connectivity index (χ4n) is 4.91. The van der Waals surface area contributed by atoms with Gasteiger partial charge in [0, 0.05) is 19.0 Å². The lowest BCUT2D eigenvalue weighted by molar-refractivity contribution is -0.0261. The Bertz CT molecular complexity index is 1150. The van der Waals surface area contributed by atoms with Crippen LogP contribution in [0, 0.1) is 0 Å². The number of hydrogen-bond acceptors (Lipinski definition) is 5. The van der Waals surface area contributed by atoms with Gasteiger partial charge in [-0.3, -0.25) is 0 Å². The number of oxime groups is 1. The molecule has 1 heterocycles. The van der Waals surface area contributed by atoms with Gasteiger partial charge >= 0.3 is 0 Å². The predicted octanol–water partition coefficient (Wildman–Crippen LogP) is 6.67. The molecule has 1 unspecified atom stereocenters. The lowest BCUT2D eigenvalue weighted by atomic mass is 9.84. The molecule has 3 aromatic rings. The molecule has 5 nitrogen and oxygen atoms in total. The zero-order chi connectivity index (χ0) is 26.1. The third-order valence-corrected chi connectivity index (χ3v) is 7.79. The Kier molecular flexibility index (Phi) is 10.0. The third-order valence-electron chi connectivity index (χ3n) is 7.05. The van der Waals surface area contributed by atoms with Gasteiger partial charge < -0.3 is 19.6 Å². The lowest BCUT2D eigenvalue weighted by Gasteiger charge is -2.39. The number of aliphatic hydroxyl groups is 1. The van der Waals surface area contributed by atoms with Crippen LogP contribution in [0.3, 0.4) is 0 Å². The summed E-state index contributed by atoms with van der Waals surface area (Å²) < 4.78 is 6.04. The molecule has 0 saturated carbocycles. The summed E-state index contributed by atoms with van der Waals surface area (Å²) in [6.07, 6.45) is 2.21. The van der Waals surface area contributed by atoms with Crippen LogP contribution in [-0.4, -0.2) is 49.1 Å². The first-order valence-electron chi connectivity index (χ1n) is 12.7. The van der Waals surface area contributed by atoms with Crippen molar-refractivity contribution >= 4 is 28.9 Å². The van der Waals surface area contributed by atoms with Crippen LogP contribution in [0.1, 0.15) is 41.9 Å². The highest BCUT2D eigenvalue weighted by atomic mass is 35.5. The second-order valence-corrected chi connectivity index (χ2v) is 10.3. The van der Waals surface area contributed by atoms with E-state index >= 15 is 0 Å². The van der Waals surface area contributed by atoms with Crippen molar-refractivity contribution in [1.29, 1.82) is 0 Å². The summed E-state index contributed by atoms with van der Waals surface area (Å²) in [5.41, 5.74) is 3.15. The minimum atomic E-state index is -0.769. The predicted molar refractivity (Wildman–Crippen MR) is 150 cm³/mol. The Balaban J connectivity index is 1.44. The maximum absolute atomic E-state index is 11.2. The molecular formula is C30H34Cl2N2O3. The van der Waals surface area contributed by atoms with Crippen LogP contribution >= 0.6 is 23.2 Å². The third kappa shape index (κ3) is 7.56. The molecule has 0 aliphatic carbocycles. The topological polar surface area (TPSA) is 54.3 Å². The summed E-state index contributed by atoms with van der Waals surface area (Å²) in [7, 11) is 1.55.